The summed E-state index contributed by atoms with van der Waals surface area (Å²) in [6.07, 6.45) is 1.45. The third-order valence-electron chi connectivity index (χ3n) is 5.30. The molecule has 3 aromatic carbocycles. The zero-order valence-corrected chi connectivity index (χ0v) is 17.6. The number of nitrogens with zero attached hydrogens (tertiary/aromatic N) is 2. The molecular weight excluding hydrogens is 406 g/mol. The van der Waals surface area contributed by atoms with E-state index in [0.29, 0.717) is 15.9 Å². The number of hydrogen-bond donors (Lipinski definition) is 1. The van der Waals surface area contributed by atoms with Crippen LogP contribution in [0.3, 0.4) is 0 Å². The fourth-order valence-corrected chi connectivity index (χ4v) is 4.90. The lowest BCUT2D eigenvalue weighted by Gasteiger charge is -2.08. The number of hydrogen-bond acceptors (Lipinski definition) is 4. The van der Waals surface area contributed by atoms with Crippen molar-refractivity contribution in [2.75, 3.05) is 5.32 Å². The second kappa shape index (κ2) is 7.81. The maximum Gasteiger partial charge on any atom is 0.262 e. The molecular formula is C25H19N3O2S. The summed E-state index contributed by atoms with van der Waals surface area (Å²) in [4.78, 5) is 31.9. The Labute approximate surface area is 182 Å². The summed E-state index contributed by atoms with van der Waals surface area (Å²) in [6, 6.07) is 23.7. The van der Waals surface area contributed by atoms with Gasteiger partial charge in [-0.2, -0.15) is 0 Å². The largest absolute Gasteiger partial charge is 0.325 e. The van der Waals surface area contributed by atoms with Gasteiger partial charge in [0.2, 0.25) is 5.91 Å². The molecule has 0 fully saturated rings. The minimum Gasteiger partial charge on any atom is -0.325 e. The van der Waals surface area contributed by atoms with E-state index >= 15 is 0 Å². The fourth-order valence-electron chi connectivity index (χ4n) is 3.76. The Hall–Kier alpha value is -3.77. The first kappa shape index (κ1) is 19.2. The quantitative estimate of drug-likeness (QED) is 0.429. The third kappa shape index (κ3) is 3.62. The van der Waals surface area contributed by atoms with Crippen molar-refractivity contribution in [2.45, 2.75) is 13.5 Å². The van der Waals surface area contributed by atoms with Crippen molar-refractivity contribution in [1.82, 2.24) is 9.55 Å². The van der Waals surface area contributed by atoms with Gasteiger partial charge in [-0.1, -0.05) is 60.7 Å². The summed E-state index contributed by atoms with van der Waals surface area (Å²) in [5.74, 6) is -0.269. The van der Waals surface area contributed by atoms with Crippen LogP contribution in [-0.4, -0.2) is 15.5 Å². The van der Waals surface area contributed by atoms with Gasteiger partial charge in [0.15, 0.2) is 0 Å². The number of anilines is 1. The molecule has 0 aliphatic heterocycles. The number of aromatic nitrogens is 2. The number of aryl methyl sites for hydroxylation is 1. The Morgan fingerprint density at radius 1 is 1.00 bits per heavy atom. The number of nitrogens with one attached hydrogen (secondary N) is 1. The Balaban J connectivity index is 1.43. The van der Waals surface area contributed by atoms with Gasteiger partial charge in [-0.05, 0) is 41.0 Å². The first-order chi connectivity index (χ1) is 15.1. The highest BCUT2D eigenvalue weighted by Gasteiger charge is 2.16. The van der Waals surface area contributed by atoms with E-state index in [1.807, 2.05) is 79.7 Å². The molecule has 5 nitrogen and oxygen atoms in total. The van der Waals surface area contributed by atoms with Crippen LogP contribution in [0.15, 0.2) is 83.9 Å². The molecule has 2 aromatic heterocycles. The molecule has 1 amide bonds. The van der Waals surface area contributed by atoms with E-state index in [4.69, 9.17) is 0 Å². The Bertz CT molecular complexity index is 1490. The van der Waals surface area contributed by atoms with Gasteiger partial charge in [0.1, 0.15) is 11.4 Å². The topological polar surface area (TPSA) is 64.0 Å². The van der Waals surface area contributed by atoms with Gasteiger partial charge in [-0.25, -0.2) is 4.98 Å². The molecule has 0 unspecified atom stereocenters. The number of carbonyl (C=O) groups excluding carboxylic acids is 1. The Morgan fingerprint density at radius 3 is 2.55 bits per heavy atom. The van der Waals surface area contributed by atoms with Crippen molar-refractivity contribution in [3.05, 3.63) is 95.0 Å². The molecule has 0 aliphatic carbocycles. The van der Waals surface area contributed by atoms with Gasteiger partial charge in [0.25, 0.3) is 5.56 Å². The summed E-state index contributed by atoms with van der Waals surface area (Å²) in [5.41, 5.74) is 2.45. The SMILES string of the molecule is Cc1c(-c2ccccc2)sc2ncn(CC(=O)Nc3ccc4ccccc4c3)c(=O)c12. The minimum absolute atomic E-state index is 0.0927. The van der Waals surface area contributed by atoms with E-state index in [2.05, 4.69) is 10.3 Å². The molecule has 0 aliphatic rings. The summed E-state index contributed by atoms with van der Waals surface area (Å²) < 4.78 is 1.37. The van der Waals surface area contributed by atoms with Crippen molar-refractivity contribution < 1.29 is 4.79 Å². The van der Waals surface area contributed by atoms with Crippen molar-refractivity contribution >= 4 is 43.9 Å². The molecule has 6 heteroatoms. The van der Waals surface area contributed by atoms with E-state index < -0.39 is 0 Å². The van der Waals surface area contributed by atoms with Gasteiger partial charge in [0.05, 0.1) is 11.7 Å². The highest BCUT2D eigenvalue weighted by molar-refractivity contribution is 7.22. The normalized spacial score (nSPS) is 11.1. The van der Waals surface area contributed by atoms with Gasteiger partial charge < -0.3 is 5.32 Å². The number of carbonyl (C=O) groups is 1. The summed E-state index contributed by atoms with van der Waals surface area (Å²) >= 11 is 1.50. The van der Waals surface area contributed by atoms with Crippen LogP contribution in [0.1, 0.15) is 5.56 Å². The predicted molar refractivity (Wildman–Crippen MR) is 127 cm³/mol. The first-order valence-electron chi connectivity index (χ1n) is 9.93. The lowest BCUT2D eigenvalue weighted by atomic mass is 10.1. The van der Waals surface area contributed by atoms with Crippen molar-refractivity contribution in [1.29, 1.82) is 0 Å². The molecule has 2 heterocycles. The van der Waals surface area contributed by atoms with Gasteiger partial charge in [0, 0.05) is 10.6 Å². The van der Waals surface area contributed by atoms with Gasteiger partial charge >= 0.3 is 0 Å². The Morgan fingerprint density at radius 2 is 1.74 bits per heavy atom. The maximum atomic E-state index is 13.1. The van der Waals surface area contributed by atoms with Crippen LogP contribution in [-0.2, 0) is 11.3 Å². The van der Waals surface area contributed by atoms with Crippen LogP contribution >= 0.6 is 11.3 Å². The van der Waals surface area contributed by atoms with E-state index in [9.17, 15) is 9.59 Å². The lowest BCUT2D eigenvalue weighted by Crippen LogP contribution is -2.27. The van der Waals surface area contributed by atoms with E-state index in [-0.39, 0.29) is 18.0 Å². The van der Waals surface area contributed by atoms with Gasteiger partial charge in [-0.3, -0.25) is 14.2 Å². The average Bonchev–Trinajstić information content (AvgIpc) is 3.13. The van der Waals surface area contributed by atoms with E-state index in [1.54, 1.807) is 0 Å². The number of rotatable bonds is 4. The molecule has 152 valence electrons. The number of benzene rings is 3. The number of fused-ring (bicyclic) bond motifs is 2. The summed E-state index contributed by atoms with van der Waals surface area (Å²) in [5, 5.41) is 5.60. The summed E-state index contributed by atoms with van der Waals surface area (Å²) in [7, 11) is 0. The smallest absolute Gasteiger partial charge is 0.262 e. The molecule has 5 rings (SSSR count). The highest BCUT2D eigenvalue weighted by Crippen LogP contribution is 2.35. The first-order valence-corrected chi connectivity index (χ1v) is 10.7. The molecule has 0 bridgehead atoms. The van der Waals surface area contributed by atoms with Crippen LogP contribution in [0.2, 0.25) is 0 Å². The zero-order valence-electron chi connectivity index (χ0n) is 16.8. The van der Waals surface area contributed by atoms with Crippen molar-refractivity contribution in [2.24, 2.45) is 0 Å². The Kier molecular flexibility index (Phi) is 4.84. The molecule has 0 spiro atoms. The number of thiophene rings is 1. The molecule has 0 radical (unpaired) electrons. The second-order valence-corrected chi connectivity index (χ2v) is 8.39. The van der Waals surface area contributed by atoms with Crippen molar-refractivity contribution in [3.8, 4) is 10.4 Å². The minimum atomic E-state index is -0.269. The molecule has 5 aromatic rings. The predicted octanol–water partition coefficient (Wildman–Crippen LogP) is 5.23. The van der Waals surface area contributed by atoms with Crippen LogP contribution in [0.5, 0.6) is 0 Å². The summed E-state index contributed by atoms with van der Waals surface area (Å²) in [6.45, 7) is 1.84. The zero-order chi connectivity index (χ0) is 21.4. The molecule has 1 N–H and O–H groups in total. The van der Waals surface area contributed by atoms with Crippen LogP contribution in [0.4, 0.5) is 5.69 Å². The second-order valence-electron chi connectivity index (χ2n) is 7.39. The van der Waals surface area contributed by atoms with Crippen molar-refractivity contribution in [3.63, 3.8) is 0 Å². The maximum absolute atomic E-state index is 13.1. The standard InChI is InChI=1S/C25H19N3O2S/c1-16-22-24(31-23(16)18-8-3-2-4-9-18)26-15-28(25(22)30)14-21(29)27-20-12-11-17-7-5-6-10-19(17)13-20/h2-13,15H,14H2,1H3,(H,27,29). The van der Waals surface area contributed by atoms with Crippen LogP contribution in [0.25, 0.3) is 31.4 Å². The fraction of sp³-hybridized carbons (Fsp3) is 0.0800. The lowest BCUT2D eigenvalue weighted by molar-refractivity contribution is -0.116. The molecule has 0 atom stereocenters. The third-order valence-corrected chi connectivity index (χ3v) is 6.55. The van der Waals surface area contributed by atoms with Crippen LogP contribution in [0, 0.1) is 6.92 Å². The average molecular weight is 426 g/mol. The van der Waals surface area contributed by atoms with E-state index in [0.717, 1.165) is 26.8 Å². The van der Waals surface area contributed by atoms with Gasteiger partial charge in [-0.15, -0.1) is 11.3 Å². The van der Waals surface area contributed by atoms with E-state index in [1.165, 1.54) is 22.2 Å². The number of amides is 1. The highest BCUT2D eigenvalue weighted by atomic mass is 32.1. The molecule has 0 saturated heterocycles. The monoisotopic (exact) mass is 425 g/mol. The van der Waals surface area contributed by atoms with Crippen LogP contribution < -0.4 is 10.9 Å². The molecule has 0 saturated carbocycles. The molecule has 31 heavy (non-hydrogen) atoms.